The summed E-state index contributed by atoms with van der Waals surface area (Å²) in [5.74, 6) is 0.0737. The molecule has 8 heteroatoms. The van der Waals surface area contributed by atoms with E-state index in [0.29, 0.717) is 22.1 Å². The Morgan fingerprint density at radius 1 is 1.16 bits per heavy atom. The maximum atomic E-state index is 12.5. The zero-order valence-corrected chi connectivity index (χ0v) is 19.1. The lowest BCUT2D eigenvalue weighted by Crippen LogP contribution is -2.21. The fraction of sp³-hybridized carbons (Fsp3) is 0.0833. The van der Waals surface area contributed by atoms with Gasteiger partial charge >= 0.3 is 5.97 Å². The minimum atomic E-state index is -0.599. The Labute approximate surface area is 197 Å². The molecule has 0 aromatic heterocycles. The number of benzene rings is 3. The van der Waals surface area contributed by atoms with Crippen LogP contribution in [0.25, 0.3) is 0 Å². The predicted molar refractivity (Wildman–Crippen MR) is 123 cm³/mol. The number of rotatable bonds is 4. The van der Waals surface area contributed by atoms with Crippen molar-refractivity contribution in [1.82, 2.24) is 0 Å². The zero-order chi connectivity index (χ0) is 22.8. The first kappa shape index (κ1) is 21.8. The summed E-state index contributed by atoms with van der Waals surface area (Å²) in [5, 5.41) is 10.1. The van der Waals surface area contributed by atoms with Gasteiger partial charge in [0.25, 0.3) is 0 Å². The molecule has 0 radical (unpaired) electrons. The van der Waals surface area contributed by atoms with E-state index in [1.807, 2.05) is 12.1 Å². The highest BCUT2D eigenvalue weighted by atomic mass is 79.9. The van der Waals surface area contributed by atoms with Crippen LogP contribution in [0, 0.1) is 11.3 Å². The first-order chi connectivity index (χ1) is 15.4. The molecule has 3 aromatic carbocycles. The number of methoxy groups -OCH3 is 1. The average molecular weight is 512 g/mol. The van der Waals surface area contributed by atoms with Crippen molar-refractivity contribution >= 4 is 33.5 Å². The monoisotopic (exact) mass is 510 g/mol. The molecule has 0 bridgehead atoms. The van der Waals surface area contributed by atoms with Gasteiger partial charge in [-0.1, -0.05) is 45.7 Å². The number of nitrogens with zero attached hydrogens (tertiary/aromatic N) is 1. The second-order valence-corrected chi connectivity index (χ2v) is 8.20. The van der Waals surface area contributed by atoms with Crippen LogP contribution in [-0.2, 0) is 0 Å². The van der Waals surface area contributed by atoms with E-state index >= 15 is 0 Å². The molecule has 6 nitrogen and oxygen atoms in total. The molecule has 1 aliphatic heterocycles. The number of allylic oxidation sites excluding steroid dienone is 1. The molecule has 0 saturated carbocycles. The first-order valence-corrected chi connectivity index (χ1v) is 10.6. The largest absolute Gasteiger partial charge is 0.496 e. The summed E-state index contributed by atoms with van der Waals surface area (Å²) < 4.78 is 17.5. The van der Waals surface area contributed by atoms with E-state index in [4.69, 9.17) is 31.5 Å². The smallest absolute Gasteiger partial charge is 0.345 e. The van der Waals surface area contributed by atoms with Crippen LogP contribution < -0.4 is 19.9 Å². The summed E-state index contributed by atoms with van der Waals surface area (Å²) in [6.45, 7) is 0. The van der Waals surface area contributed by atoms with Crippen molar-refractivity contribution < 1.29 is 19.0 Å². The van der Waals surface area contributed by atoms with E-state index in [-0.39, 0.29) is 22.8 Å². The van der Waals surface area contributed by atoms with Gasteiger partial charge in [0.1, 0.15) is 28.9 Å². The van der Waals surface area contributed by atoms with Crippen molar-refractivity contribution in [3.05, 3.63) is 98.3 Å². The quantitative estimate of drug-likeness (QED) is 0.365. The lowest BCUT2D eigenvalue weighted by Gasteiger charge is -2.27. The molecule has 1 unspecified atom stereocenters. The molecule has 4 rings (SSSR count). The standard InChI is InChI=1S/C24H16BrClN2O4/c1-30-20-9-6-13(25)10-17(20)22-16-8-7-14(11-21(16)32-23(28)18(22)12-27)31-24(29)15-4-2-3-5-19(15)26/h2-11,22H,28H2,1H3. The van der Waals surface area contributed by atoms with Gasteiger partial charge in [0.15, 0.2) is 0 Å². The van der Waals surface area contributed by atoms with Gasteiger partial charge in [-0.2, -0.15) is 5.26 Å². The van der Waals surface area contributed by atoms with Gasteiger partial charge in [-0.3, -0.25) is 0 Å². The summed E-state index contributed by atoms with van der Waals surface area (Å²) in [6, 6.07) is 19.2. The maximum absolute atomic E-state index is 12.5. The number of halogens is 2. The number of esters is 1. The molecule has 0 saturated heterocycles. The number of nitriles is 1. The number of carbonyl (C=O) groups is 1. The molecule has 1 aliphatic rings. The molecular weight excluding hydrogens is 496 g/mol. The van der Waals surface area contributed by atoms with Gasteiger partial charge in [-0.15, -0.1) is 0 Å². The molecule has 1 heterocycles. The van der Waals surface area contributed by atoms with Crippen LogP contribution in [0.5, 0.6) is 17.2 Å². The van der Waals surface area contributed by atoms with Gasteiger partial charge < -0.3 is 19.9 Å². The Morgan fingerprint density at radius 2 is 1.94 bits per heavy atom. The molecule has 32 heavy (non-hydrogen) atoms. The topological polar surface area (TPSA) is 94.6 Å². The Balaban J connectivity index is 1.76. The average Bonchev–Trinajstić information content (AvgIpc) is 2.78. The van der Waals surface area contributed by atoms with E-state index in [0.717, 1.165) is 10.0 Å². The number of ether oxygens (including phenoxy) is 3. The Kier molecular flexibility index (Phi) is 6.08. The number of hydrogen-bond acceptors (Lipinski definition) is 6. The summed E-state index contributed by atoms with van der Waals surface area (Å²) in [4.78, 5) is 12.5. The van der Waals surface area contributed by atoms with Gasteiger partial charge in [-0.25, -0.2) is 4.79 Å². The fourth-order valence-electron chi connectivity index (χ4n) is 3.54. The predicted octanol–water partition coefficient (Wildman–Crippen LogP) is 5.55. The van der Waals surface area contributed by atoms with Crippen LogP contribution in [0.15, 0.2) is 76.6 Å². The van der Waals surface area contributed by atoms with Crippen LogP contribution >= 0.6 is 27.5 Å². The third-order valence-corrected chi connectivity index (χ3v) is 5.82. The summed E-state index contributed by atoms with van der Waals surface area (Å²) in [5.41, 5.74) is 8.01. The van der Waals surface area contributed by atoms with Crippen molar-refractivity contribution in [2.45, 2.75) is 5.92 Å². The minimum absolute atomic E-state index is 0.0263. The highest BCUT2D eigenvalue weighted by Gasteiger charge is 2.33. The molecule has 1 atom stereocenters. The molecule has 160 valence electrons. The third-order valence-electron chi connectivity index (χ3n) is 5.00. The lowest BCUT2D eigenvalue weighted by atomic mass is 9.83. The number of carbonyl (C=O) groups excluding carboxylic acids is 1. The highest BCUT2D eigenvalue weighted by Crippen LogP contribution is 2.46. The van der Waals surface area contributed by atoms with E-state index in [2.05, 4.69) is 22.0 Å². The molecule has 2 N–H and O–H groups in total. The summed E-state index contributed by atoms with van der Waals surface area (Å²) in [6.07, 6.45) is 0. The van der Waals surface area contributed by atoms with Crippen LogP contribution in [0.2, 0.25) is 5.02 Å². The number of nitrogens with two attached hydrogens (primary N) is 1. The van der Waals surface area contributed by atoms with Crippen LogP contribution in [-0.4, -0.2) is 13.1 Å². The Hall–Kier alpha value is -3.47. The van der Waals surface area contributed by atoms with E-state index in [1.165, 1.54) is 0 Å². The SMILES string of the molecule is COc1ccc(Br)cc1C1C(C#N)=C(N)Oc2cc(OC(=O)c3ccccc3Cl)ccc21. The van der Waals surface area contributed by atoms with Crippen molar-refractivity contribution in [3.8, 4) is 23.3 Å². The van der Waals surface area contributed by atoms with Crippen LogP contribution in [0.3, 0.4) is 0 Å². The lowest BCUT2D eigenvalue weighted by molar-refractivity contribution is 0.0734. The molecule has 0 aliphatic carbocycles. The molecule has 0 spiro atoms. The first-order valence-electron chi connectivity index (χ1n) is 9.44. The van der Waals surface area contributed by atoms with Crippen molar-refractivity contribution in [3.63, 3.8) is 0 Å². The van der Waals surface area contributed by atoms with Gasteiger partial charge in [0.05, 0.1) is 23.6 Å². The van der Waals surface area contributed by atoms with Gasteiger partial charge in [0.2, 0.25) is 5.88 Å². The fourth-order valence-corrected chi connectivity index (χ4v) is 4.13. The molecule has 0 fully saturated rings. The van der Waals surface area contributed by atoms with E-state index < -0.39 is 11.9 Å². The van der Waals surface area contributed by atoms with Crippen LogP contribution in [0.1, 0.15) is 27.4 Å². The molecule has 0 amide bonds. The van der Waals surface area contributed by atoms with Gasteiger partial charge in [-0.05, 0) is 36.4 Å². The summed E-state index contributed by atoms with van der Waals surface area (Å²) >= 11 is 9.56. The Morgan fingerprint density at radius 3 is 2.66 bits per heavy atom. The normalized spacial score (nSPS) is 14.8. The highest BCUT2D eigenvalue weighted by molar-refractivity contribution is 9.10. The maximum Gasteiger partial charge on any atom is 0.345 e. The van der Waals surface area contributed by atoms with Crippen LogP contribution in [0.4, 0.5) is 0 Å². The van der Waals surface area contributed by atoms with Crippen molar-refractivity contribution in [2.24, 2.45) is 5.73 Å². The molecule has 3 aromatic rings. The second kappa shape index (κ2) is 8.95. The van der Waals surface area contributed by atoms with Crippen molar-refractivity contribution in [2.75, 3.05) is 7.11 Å². The summed E-state index contributed by atoms with van der Waals surface area (Å²) in [7, 11) is 1.56. The second-order valence-electron chi connectivity index (χ2n) is 6.88. The number of fused-ring (bicyclic) bond motifs is 1. The van der Waals surface area contributed by atoms with E-state index in [1.54, 1.807) is 55.6 Å². The van der Waals surface area contributed by atoms with E-state index in [9.17, 15) is 10.1 Å². The van der Waals surface area contributed by atoms with Gasteiger partial charge in [0, 0.05) is 21.7 Å². The minimum Gasteiger partial charge on any atom is -0.496 e. The zero-order valence-electron chi connectivity index (χ0n) is 16.8. The number of hydrogen-bond donors (Lipinski definition) is 1. The Bertz CT molecular complexity index is 1300. The third kappa shape index (κ3) is 4.03. The van der Waals surface area contributed by atoms with Crippen molar-refractivity contribution in [1.29, 1.82) is 5.26 Å². The molecular formula is C24H16BrClN2O4.